The quantitative estimate of drug-likeness (QED) is 0.886. The molecule has 116 valence electrons. The molecule has 1 aromatic rings. The number of rotatable bonds is 4. The Hall–Kier alpha value is -1.67. The second-order valence-corrected chi connectivity index (χ2v) is 6.22. The zero-order chi connectivity index (χ0) is 15.4. The van der Waals surface area contributed by atoms with E-state index in [4.69, 9.17) is 5.11 Å². The molecule has 0 aliphatic carbocycles. The lowest BCUT2D eigenvalue weighted by atomic mass is 10.3. The topological polar surface area (TPSA) is 77.0 Å². The molecule has 2 heterocycles. The van der Waals surface area contributed by atoms with Gasteiger partial charge in [-0.2, -0.15) is 0 Å². The van der Waals surface area contributed by atoms with Crippen LogP contribution in [0.25, 0.3) is 0 Å². The summed E-state index contributed by atoms with van der Waals surface area (Å²) in [6.45, 7) is 4.80. The van der Waals surface area contributed by atoms with Gasteiger partial charge in [-0.3, -0.25) is 9.69 Å². The summed E-state index contributed by atoms with van der Waals surface area (Å²) in [5.41, 5.74) is 0.901. The SMILES string of the molecule is Cc1nc(CN(C)C(=O)N2CCN(CC(=O)O)CC2)cs1. The maximum Gasteiger partial charge on any atom is 0.320 e. The smallest absolute Gasteiger partial charge is 0.320 e. The van der Waals surface area contributed by atoms with Crippen LogP contribution < -0.4 is 0 Å². The van der Waals surface area contributed by atoms with Crippen molar-refractivity contribution in [2.24, 2.45) is 0 Å². The van der Waals surface area contributed by atoms with Gasteiger partial charge in [0, 0.05) is 38.6 Å². The average molecular weight is 312 g/mol. The van der Waals surface area contributed by atoms with Crippen molar-refractivity contribution in [3.05, 3.63) is 16.1 Å². The number of thiazole rings is 1. The lowest BCUT2D eigenvalue weighted by molar-refractivity contribution is -0.138. The van der Waals surface area contributed by atoms with Crippen LogP contribution >= 0.6 is 11.3 Å². The lowest BCUT2D eigenvalue weighted by Crippen LogP contribution is -2.52. The number of aryl methyl sites for hydroxylation is 1. The van der Waals surface area contributed by atoms with Crippen molar-refractivity contribution in [1.29, 1.82) is 0 Å². The predicted molar refractivity (Wildman–Crippen MR) is 79.4 cm³/mol. The van der Waals surface area contributed by atoms with Gasteiger partial charge in [-0.1, -0.05) is 0 Å². The van der Waals surface area contributed by atoms with Gasteiger partial charge in [-0.05, 0) is 6.92 Å². The fourth-order valence-corrected chi connectivity index (χ4v) is 2.93. The van der Waals surface area contributed by atoms with E-state index < -0.39 is 5.97 Å². The van der Waals surface area contributed by atoms with Crippen molar-refractivity contribution in [2.75, 3.05) is 39.8 Å². The summed E-state index contributed by atoms with van der Waals surface area (Å²) < 4.78 is 0. The Morgan fingerprint density at radius 2 is 2.05 bits per heavy atom. The van der Waals surface area contributed by atoms with Crippen LogP contribution in [0, 0.1) is 6.92 Å². The highest BCUT2D eigenvalue weighted by atomic mass is 32.1. The van der Waals surface area contributed by atoms with Crippen molar-refractivity contribution in [1.82, 2.24) is 19.7 Å². The van der Waals surface area contributed by atoms with E-state index in [-0.39, 0.29) is 12.6 Å². The number of nitrogens with zero attached hydrogens (tertiary/aromatic N) is 4. The molecule has 1 fully saturated rings. The molecule has 0 radical (unpaired) electrons. The van der Waals surface area contributed by atoms with Crippen molar-refractivity contribution < 1.29 is 14.7 Å². The van der Waals surface area contributed by atoms with Gasteiger partial charge in [0.25, 0.3) is 0 Å². The largest absolute Gasteiger partial charge is 0.480 e. The highest BCUT2D eigenvalue weighted by molar-refractivity contribution is 7.09. The molecule has 1 N–H and O–H groups in total. The van der Waals surface area contributed by atoms with Gasteiger partial charge in [0.2, 0.25) is 0 Å². The first-order chi connectivity index (χ1) is 9.95. The molecule has 0 spiro atoms. The summed E-state index contributed by atoms with van der Waals surface area (Å²) in [5.74, 6) is -0.828. The third-order valence-corrected chi connectivity index (χ3v) is 4.22. The molecule has 7 nitrogen and oxygen atoms in total. The molecule has 1 aliphatic heterocycles. The molecule has 21 heavy (non-hydrogen) atoms. The molecule has 0 atom stereocenters. The van der Waals surface area contributed by atoms with Gasteiger partial charge in [-0.15, -0.1) is 11.3 Å². The second kappa shape index (κ2) is 6.86. The van der Waals surface area contributed by atoms with Crippen molar-refractivity contribution in [3.8, 4) is 0 Å². The molecule has 0 unspecified atom stereocenters. The molecule has 1 aromatic heterocycles. The van der Waals surface area contributed by atoms with E-state index in [9.17, 15) is 9.59 Å². The van der Waals surface area contributed by atoms with E-state index in [1.807, 2.05) is 17.2 Å². The zero-order valence-corrected chi connectivity index (χ0v) is 13.1. The fraction of sp³-hybridized carbons (Fsp3) is 0.615. The molecule has 8 heteroatoms. The Bertz CT molecular complexity index is 511. The minimum Gasteiger partial charge on any atom is -0.480 e. The van der Waals surface area contributed by atoms with E-state index in [0.29, 0.717) is 32.7 Å². The molecule has 1 aliphatic rings. The Morgan fingerprint density at radius 3 is 2.57 bits per heavy atom. The minimum absolute atomic E-state index is 0.0318. The number of carboxylic acids is 1. The zero-order valence-electron chi connectivity index (χ0n) is 12.3. The van der Waals surface area contributed by atoms with Crippen molar-refractivity contribution >= 4 is 23.3 Å². The van der Waals surface area contributed by atoms with E-state index in [0.717, 1.165) is 10.7 Å². The van der Waals surface area contributed by atoms with E-state index in [2.05, 4.69) is 4.98 Å². The summed E-state index contributed by atoms with van der Waals surface area (Å²) >= 11 is 1.57. The Kier molecular flexibility index (Phi) is 5.13. The van der Waals surface area contributed by atoms with Crippen LogP contribution in [0.2, 0.25) is 0 Å². The van der Waals surface area contributed by atoms with Crippen LogP contribution in [0.5, 0.6) is 0 Å². The summed E-state index contributed by atoms with van der Waals surface area (Å²) in [4.78, 5) is 32.6. The number of aromatic nitrogens is 1. The van der Waals surface area contributed by atoms with Crippen LogP contribution in [0.4, 0.5) is 4.79 Å². The maximum atomic E-state index is 12.3. The third-order valence-electron chi connectivity index (χ3n) is 3.39. The van der Waals surface area contributed by atoms with Crippen molar-refractivity contribution in [3.63, 3.8) is 0 Å². The predicted octanol–water partition coefficient (Wildman–Crippen LogP) is 0.706. The number of hydrogen-bond acceptors (Lipinski definition) is 5. The molecular formula is C13H20N4O3S. The molecule has 1 saturated heterocycles. The molecule has 2 amide bonds. The number of hydrogen-bond donors (Lipinski definition) is 1. The summed E-state index contributed by atoms with van der Waals surface area (Å²) in [5, 5.41) is 11.7. The Balaban J connectivity index is 1.82. The number of carboxylic acid groups (broad SMARTS) is 1. The van der Waals surface area contributed by atoms with E-state index >= 15 is 0 Å². The normalized spacial score (nSPS) is 16.0. The van der Waals surface area contributed by atoms with Crippen molar-refractivity contribution in [2.45, 2.75) is 13.5 Å². The monoisotopic (exact) mass is 312 g/mol. The average Bonchev–Trinajstić information content (AvgIpc) is 2.83. The number of piperazine rings is 1. The van der Waals surface area contributed by atoms with Gasteiger partial charge < -0.3 is 14.9 Å². The number of amides is 2. The van der Waals surface area contributed by atoms with Crippen LogP contribution in [0.15, 0.2) is 5.38 Å². The second-order valence-electron chi connectivity index (χ2n) is 5.15. The first kappa shape index (κ1) is 15.7. The maximum absolute atomic E-state index is 12.3. The molecule has 0 bridgehead atoms. The van der Waals surface area contributed by atoms with Crippen LogP contribution in [0.1, 0.15) is 10.7 Å². The molecular weight excluding hydrogens is 292 g/mol. The number of aliphatic carboxylic acids is 1. The fourth-order valence-electron chi connectivity index (χ4n) is 2.32. The first-order valence-electron chi connectivity index (χ1n) is 6.81. The van der Waals surface area contributed by atoms with Crippen LogP contribution in [-0.4, -0.2) is 76.6 Å². The van der Waals surface area contributed by atoms with Gasteiger partial charge in [0.05, 0.1) is 23.8 Å². The first-order valence-corrected chi connectivity index (χ1v) is 7.69. The number of carbonyl (C=O) groups is 2. The van der Waals surface area contributed by atoms with Gasteiger partial charge >= 0.3 is 12.0 Å². The van der Waals surface area contributed by atoms with Gasteiger partial charge in [-0.25, -0.2) is 9.78 Å². The number of carbonyl (C=O) groups excluding carboxylic acids is 1. The summed E-state index contributed by atoms with van der Waals surface area (Å²) in [7, 11) is 1.76. The Labute approximate surface area is 127 Å². The number of urea groups is 1. The van der Waals surface area contributed by atoms with Crippen LogP contribution in [-0.2, 0) is 11.3 Å². The summed E-state index contributed by atoms with van der Waals surface area (Å²) in [6.07, 6.45) is 0. The van der Waals surface area contributed by atoms with Crippen LogP contribution in [0.3, 0.4) is 0 Å². The van der Waals surface area contributed by atoms with E-state index in [1.54, 1.807) is 28.2 Å². The summed E-state index contributed by atoms with van der Waals surface area (Å²) in [6, 6.07) is -0.0318. The van der Waals surface area contributed by atoms with Gasteiger partial charge in [0.15, 0.2) is 0 Å². The standard InChI is InChI=1S/C13H20N4O3S/c1-10-14-11(9-21-10)7-15(2)13(20)17-5-3-16(4-6-17)8-12(18)19/h9H,3-8H2,1-2H3,(H,18,19). The lowest BCUT2D eigenvalue weighted by Gasteiger charge is -2.35. The van der Waals surface area contributed by atoms with Gasteiger partial charge in [0.1, 0.15) is 0 Å². The minimum atomic E-state index is -0.828. The third kappa shape index (κ3) is 4.40. The molecule has 2 rings (SSSR count). The molecule has 0 saturated carbocycles. The molecule has 0 aromatic carbocycles. The highest BCUT2D eigenvalue weighted by Crippen LogP contribution is 2.11. The highest BCUT2D eigenvalue weighted by Gasteiger charge is 2.24. The Morgan fingerprint density at radius 1 is 1.38 bits per heavy atom. The van der Waals surface area contributed by atoms with E-state index in [1.165, 1.54) is 0 Å².